The number of rotatable bonds is 5. The Labute approximate surface area is 85.5 Å². The lowest BCUT2D eigenvalue weighted by Crippen LogP contribution is -2.40. The predicted octanol–water partition coefficient (Wildman–Crippen LogP) is 0.610. The molecule has 0 atom stereocenters. The van der Waals surface area contributed by atoms with Gasteiger partial charge >= 0.3 is 0 Å². The molecular weight excluding hydrogens is 178 g/mol. The fourth-order valence-corrected chi connectivity index (χ4v) is 1.04. The van der Waals surface area contributed by atoms with Crippen LogP contribution in [0.5, 0.6) is 0 Å². The van der Waals surface area contributed by atoms with Crippen molar-refractivity contribution in [2.75, 3.05) is 6.54 Å². The van der Waals surface area contributed by atoms with Crippen molar-refractivity contribution in [1.82, 2.24) is 5.32 Å². The number of nitrogens with zero attached hydrogens (tertiary/aromatic N) is 1. The maximum atomic E-state index is 6.90. The maximum Gasteiger partial charge on any atom is 0.195 e. The van der Waals surface area contributed by atoms with Gasteiger partial charge in [-0.25, -0.2) is 0 Å². The minimum atomic E-state index is -0.173. The van der Waals surface area contributed by atoms with E-state index in [4.69, 9.17) is 16.9 Å². The molecule has 0 aromatic carbocycles. The Morgan fingerprint density at radius 2 is 2.00 bits per heavy atom. The molecule has 6 N–H and O–H groups in total. The van der Waals surface area contributed by atoms with E-state index >= 15 is 0 Å². The number of hydrogen-bond acceptors (Lipinski definition) is 2. The van der Waals surface area contributed by atoms with Gasteiger partial charge in [-0.05, 0) is 12.3 Å². The van der Waals surface area contributed by atoms with Gasteiger partial charge in [-0.1, -0.05) is 26.7 Å². The zero-order valence-corrected chi connectivity index (χ0v) is 9.01. The summed E-state index contributed by atoms with van der Waals surface area (Å²) in [4.78, 5) is 4.02. The Morgan fingerprint density at radius 3 is 2.50 bits per heavy atom. The molecule has 0 aliphatic carbocycles. The second-order valence-corrected chi connectivity index (χ2v) is 3.70. The van der Waals surface area contributed by atoms with E-state index in [0.29, 0.717) is 6.54 Å². The number of unbranched alkanes of at least 4 members (excludes halogenated alkanes) is 1. The molecule has 0 aliphatic rings. The number of nitrogens with one attached hydrogen (secondary N) is 2. The highest BCUT2D eigenvalue weighted by Gasteiger charge is 1.94. The molecule has 0 fully saturated rings. The van der Waals surface area contributed by atoms with E-state index in [1.165, 1.54) is 6.42 Å². The van der Waals surface area contributed by atoms with E-state index < -0.39 is 0 Å². The molecule has 0 unspecified atom stereocenters. The van der Waals surface area contributed by atoms with E-state index in [1.807, 2.05) is 0 Å². The summed E-state index contributed by atoms with van der Waals surface area (Å²) in [5.74, 6) is 0.794. The molecule has 5 nitrogen and oxygen atoms in total. The van der Waals surface area contributed by atoms with E-state index in [9.17, 15) is 0 Å². The first-order chi connectivity index (χ1) is 6.52. The van der Waals surface area contributed by atoms with Gasteiger partial charge in [-0.3, -0.25) is 15.7 Å². The van der Waals surface area contributed by atoms with Crippen molar-refractivity contribution < 1.29 is 0 Å². The van der Waals surface area contributed by atoms with Crippen LogP contribution in [0.1, 0.15) is 33.1 Å². The summed E-state index contributed by atoms with van der Waals surface area (Å²) in [6.45, 7) is 5.10. The molecule has 0 heterocycles. The van der Waals surface area contributed by atoms with E-state index in [-0.39, 0.29) is 11.9 Å². The summed E-state index contributed by atoms with van der Waals surface area (Å²) in [5.41, 5.74) is 10.5. The molecule has 82 valence electrons. The summed E-state index contributed by atoms with van der Waals surface area (Å²) < 4.78 is 0. The third-order valence-electron chi connectivity index (χ3n) is 1.73. The molecule has 0 aliphatic heterocycles. The molecule has 0 aromatic rings. The van der Waals surface area contributed by atoms with E-state index in [2.05, 4.69) is 24.2 Å². The molecule has 5 heteroatoms. The van der Waals surface area contributed by atoms with Gasteiger partial charge in [0.05, 0.1) is 0 Å². The third-order valence-corrected chi connectivity index (χ3v) is 1.73. The summed E-state index contributed by atoms with van der Waals surface area (Å²) in [7, 11) is 0. The Balaban J connectivity index is 3.46. The van der Waals surface area contributed by atoms with E-state index in [1.54, 1.807) is 0 Å². The second kappa shape index (κ2) is 7.17. The van der Waals surface area contributed by atoms with Crippen LogP contribution in [0.2, 0.25) is 0 Å². The van der Waals surface area contributed by atoms with Crippen LogP contribution in [0.25, 0.3) is 0 Å². The number of hydrogen-bond donors (Lipinski definition) is 4. The first-order valence-corrected chi connectivity index (χ1v) is 4.93. The van der Waals surface area contributed by atoms with Gasteiger partial charge in [0.2, 0.25) is 0 Å². The van der Waals surface area contributed by atoms with Crippen LogP contribution in [0, 0.1) is 11.3 Å². The van der Waals surface area contributed by atoms with Crippen molar-refractivity contribution in [3.63, 3.8) is 0 Å². The largest absolute Gasteiger partial charge is 0.370 e. The zero-order valence-electron chi connectivity index (χ0n) is 9.01. The zero-order chi connectivity index (χ0) is 11.0. The summed E-state index contributed by atoms with van der Waals surface area (Å²) in [5, 5.41) is 9.33. The maximum absolute atomic E-state index is 6.90. The third kappa shape index (κ3) is 8.83. The van der Waals surface area contributed by atoms with Gasteiger partial charge in [0, 0.05) is 6.54 Å². The number of aliphatic imine (C=N–C) groups is 1. The first-order valence-electron chi connectivity index (χ1n) is 4.93. The molecule has 0 radical (unpaired) electrons. The summed E-state index contributed by atoms with van der Waals surface area (Å²) in [6.07, 6.45) is 3.41. The predicted molar refractivity (Wildman–Crippen MR) is 60.2 cm³/mol. The van der Waals surface area contributed by atoms with Crippen LogP contribution in [0.15, 0.2) is 4.99 Å². The van der Waals surface area contributed by atoms with Crippen LogP contribution in [0.3, 0.4) is 0 Å². The fourth-order valence-electron chi connectivity index (χ4n) is 1.04. The Bertz CT molecular complexity index is 197. The average molecular weight is 199 g/mol. The van der Waals surface area contributed by atoms with Crippen molar-refractivity contribution in [2.24, 2.45) is 22.4 Å². The number of nitrogens with two attached hydrogens (primary N) is 2. The molecular formula is C9H21N5. The Kier molecular flexibility index (Phi) is 6.53. The van der Waals surface area contributed by atoms with Crippen LogP contribution in [-0.2, 0) is 0 Å². The SMILES string of the molecule is CC(C)CCCCN=C(N)NC(=N)N. The van der Waals surface area contributed by atoms with Crippen molar-refractivity contribution in [1.29, 1.82) is 5.41 Å². The highest BCUT2D eigenvalue weighted by Crippen LogP contribution is 2.05. The van der Waals surface area contributed by atoms with Crippen molar-refractivity contribution in [2.45, 2.75) is 33.1 Å². The van der Waals surface area contributed by atoms with Crippen molar-refractivity contribution in [3.05, 3.63) is 0 Å². The number of guanidine groups is 2. The van der Waals surface area contributed by atoms with Crippen LogP contribution in [-0.4, -0.2) is 18.5 Å². The minimum Gasteiger partial charge on any atom is -0.370 e. The highest BCUT2D eigenvalue weighted by atomic mass is 15.2. The van der Waals surface area contributed by atoms with E-state index in [0.717, 1.165) is 18.8 Å². The highest BCUT2D eigenvalue weighted by molar-refractivity contribution is 5.95. The van der Waals surface area contributed by atoms with Crippen LogP contribution < -0.4 is 16.8 Å². The molecule has 0 rings (SSSR count). The normalized spacial score (nSPS) is 11.8. The lowest BCUT2D eigenvalue weighted by atomic mass is 10.1. The minimum absolute atomic E-state index is 0.173. The van der Waals surface area contributed by atoms with Crippen molar-refractivity contribution >= 4 is 11.9 Å². The standard InChI is InChI=1S/C9H21N5/c1-7(2)5-3-4-6-13-9(12)14-8(10)11/h7H,3-6H2,1-2H3,(H6,10,11,12,13,14). The topological polar surface area (TPSA) is 100 Å². The molecule has 0 saturated heterocycles. The molecule has 0 amide bonds. The molecule has 0 saturated carbocycles. The smallest absolute Gasteiger partial charge is 0.195 e. The molecule has 14 heavy (non-hydrogen) atoms. The summed E-state index contributed by atoms with van der Waals surface area (Å²) in [6, 6.07) is 0. The molecule has 0 aromatic heterocycles. The van der Waals surface area contributed by atoms with Gasteiger partial charge in [0.25, 0.3) is 0 Å². The first kappa shape index (κ1) is 12.7. The van der Waals surface area contributed by atoms with Gasteiger partial charge in [0.15, 0.2) is 11.9 Å². The lowest BCUT2D eigenvalue weighted by Gasteiger charge is -2.03. The fraction of sp³-hybridized carbons (Fsp3) is 0.778. The van der Waals surface area contributed by atoms with Crippen LogP contribution >= 0.6 is 0 Å². The van der Waals surface area contributed by atoms with Gasteiger partial charge in [0.1, 0.15) is 0 Å². The van der Waals surface area contributed by atoms with Gasteiger partial charge in [-0.15, -0.1) is 0 Å². The van der Waals surface area contributed by atoms with Crippen LogP contribution in [0.4, 0.5) is 0 Å². The van der Waals surface area contributed by atoms with Gasteiger partial charge in [-0.2, -0.15) is 0 Å². The Hall–Kier alpha value is -1.26. The Morgan fingerprint density at radius 1 is 1.36 bits per heavy atom. The van der Waals surface area contributed by atoms with Crippen molar-refractivity contribution in [3.8, 4) is 0 Å². The molecule has 0 spiro atoms. The average Bonchev–Trinajstić information content (AvgIpc) is 2.01. The second-order valence-electron chi connectivity index (χ2n) is 3.70. The van der Waals surface area contributed by atoms with Gasteiger partial charge < -0.3 is 11.5 Å². The molecule has 0 bridgehead atoms. The summed E-state index contributed by atoms with van der Waals surface area (Å²) >= 11 is 0. The quantitative estimate of drug-likeness (QED) is 0.296. The lowest BCUT2D eigenvalue weighted by molar-refractivity contribution is 0.541. The monoisotopic (exact) mass is 199 g/mol.